The van der Waals surface area contributed by atoms with Crippen LogP contribution in [0.2, 0.25) is 10.0 Å². The van der Waals surface area contributed by atoms with Gasteiger partial charge in [0.05, 0.1) is 5.02 Å². The number of carbonyl (C=O) groups is 1. The molecular weight excluding hydrogens is 249 g/mol. The number of rotatable bonds is 2. The van der Waals surface area contributed by atoms with Crippen molar-refractivity contribution in [1.29, 1.82) is 0 Å². The van der Waals surface area contributed by atoms with E-state index in [2.05, 4.69) is 15.3 Å². The van der Waals surface area contributed by atoms with Crippen LogP contribution in [0.15, 0.2) is 30.6 Å². The Morgan fingerprint density at radius 2 is 2.12 bits per heavy atom. The zero-order valence-electron chi connectivity index (χ0n) is 8.00. The molecule has 0 saturated heterocycles. The molecule has 2 aromatic heterocycles. The van der Waals surface area contributed by atoms with Gasteiger partial charge in [-0.05, 0) is 18.2 Å². The first-order valence-electron chi connectivity index (χ1n) is 4.42. The first-order chi connectivity index (χ1) is 7.65. The number of amides is 1. The highest BCUT2D eigenvalue weighted by Gasteiger charge is 2.08. The van der Waals surface area contributed by atoms with Crippen molar-refractivity contribution in [3.8, 4) is 0 Å². The summed E-state index contributed by atoms with van der Waals surface area (Å²) in [7, 11) is 0. The van der Waals surface area contributed by atoms with Crippen molar-refractivity contribution in [3.63, 3.8) is 0 Å². The Morgan fingerprint density at radius 1 is 1.31 bits per heavy atom. The van der Waals surface area contributed by atoms with Crippen LogP contribution in [0.3, 0.4) is 0 Å². The van der Waals surface area contributed by atoms with Gasteiger partial charge in [-0.15, -0.1) is 0 Å². The van der Waals surface area contributed by atoms with Crippen molar-refractivity contribution < 1.29 is 4.79 Å². The number of hydrogen-bond acceptors (Lipinski definition) is 2. The van der Waals surface area contributed by atoms with Crippen LogP contribution in [0.1, 0.15) is 10.5 Å². The molecule has 2 rings (SSSR count). The molecule has 2 N–H and O–H groups in total. The number of H-pyrrole nitrogens is 1. The van der Waals surface area contributed by atoms with Gasteiger partial charge >= 0.3 is 0 Å². The van der Waals surface area contributed by atoms with E-state index in [4.69, 9.17) is 23.2 Å². The maximum Gasteiger partial charge on any atom is 0.273 e. The molecule has 2 heterocycles. The van der Waals surface area contributed by atoms with Crippen LogP contribution in [-0.4, -0.2) is 15.9 Å². The highest BCUT2D eigenvalue weighted by molar-refractivity contribution is 6.31. The van der Waals surface area contributed by atoms with E-state index < -0.39 is 0 Å². The summed E-state index contributed by atoms with van der Waals surface area (Å²) in [6.07, 6.45) is 3.04. The SMILES string of the molecule is O=C(Nc1cc(Cl)ccn1)c1cc(Cl)c[nH]1. The average Bonchev–Trinajstić information content (AvgIpc) is 2.65. The second-order valence-corrected chi connectivity index (χ2v) is 3.92. The summed E-state index contributed by atoms with van der Waals surface area (Å²) in [6.45, 7) is 0. The smallest absolute Gasteiger partial charge is 0.273 e. The molecule has 0 bridgehead atoms. The van der Waals surface area contributed by atoms with Gasteiger partial charge in [-0.25, -0.2) is 4.98 Å². The quantitative estimate of drug-likeness (QED) is 0.867. The van der Waals surface area contributed by atoms with Crippen molar-refractivity contribution >= 4 is 34.9 Å². The van der Waals surface area contributed by atoms with Crippen LogP contribution in [0.25, 0.3) is 0 Å². The summed E-state index contributed by atoms with van der Waals surface area (Å²) in [5, 5.41) is 3.57. The molecule has 0 aromatic carbocycles. The number of pyridine rings is 1. The van der Waals surface area contributed by atoms with E-state index in [0.29, 0.717) is 21.6 Å². The Hall–Kier alpha value is -1.52. The summed E-state index contributed by atoms with van der Waals surface area (Å²) < 4.78 is 0. The lowest BCUT2D eigenvalue weighted by Crippen LogP contribution is -2.13. The van der Waals surface area contributed by atoms with Gasteiger partial charge in [0.1, 0.15) is 11.5 Å². The van der Waals surface area contributed by atoms with Gasteiger partial charge in [0.15, 0.2) is 0 Å². The summed E-state index contributed by atoms with van der Waals surface area (Å²) in [4.78, 5) is 18.3. The number of anilines is 1. The van der Waals surface area contributed by atoms with E-state index in [1.54, 1.807) is 12.1 Å². The maximum atomic E-state index is 11.7. The van der Waals surface area contributed by atoms with Gasteiger partial charge in [-0.1, -0.05) is 23.2 Å². The average molecular weight is 256 g/mol. The summed E-state index contributed by atoms with van der Waals surface area (Å²) in [5.74, 6) is 0.0740. The Balaban J connectivity index is 2.13. The van der Waals surface area contributed by atoms with E-state index >= 15 is 0 Å². The second kappa shape index (κ2) is 4.55. The molecule has 0 aliphatic heterocycles. The number of hydrogen-bond donors (Lipinski definition) is 2. The second-order valence-electron chi connectivity index (χ2n) is 3.04. The fourth-order valence-corrected chi connectivity index (χ4v) is 1.48. The highest BCUT2D eigenvalue weighted by atomic mass is 35.5. The number of aromatic nitrogens is 2. The van der Waals surface area contributed by atoms with E-state index in [1.165, 1.54) is 18.5 Å². The molecule has 0 radical (unpaired) electrons. The van der Waals surface area contributed by atoms with E-state index in [0.717, 1.165) is 0 Å². The fourth-order valence-electron chi connectivity index (χ4n) is 1.16. The van der Waals surface area contributed by atoms with Gasteiger partial charge in [0.25, 0.3) is 5.91 Å². The van der Waals surface area contributed by atoms with Gasteiger partial charge in [-0.2, -0.15) is 0 Å². The lowest BCUT2D eigenvalue weighted by Gasteiger charge is -2.02. The third kappa shape index (κ3) is 2.53. The Labute approximate surface area is 102 Å². The van der Waals surface area contributed by atoms with Crippen LogP contribution in [0.5, 0.6) is 0 Å². The van der Waals surface area contributed by atoms with E-state index in [-0.39, 0.29) is 5.91 Å². The predicted molar refractivity (Wildman–Crippen MR) is 63.0 cm³/mol. The number of nitrogens with zero attached hydrogens (tertiary/aromatic N) is 1. The maximum absolute atomic E-state index is 11.7. The lowest BCUT2D eigenvalue weighted by atomic mass is 10.4. The normalized spacial score (nSPS) is 10.1. The molecule has 0 unspecified atom stereocenters. The molecule has 0 aliphatic rings. The van der Waals surface area contributed by atoms with Crippen LogP contribution >= 0.6 is 23.2 Å². The Morgan fingerprint density at radius 3 is 2.75 bits per heavy atom. The van der Waals surface area contributed by atoms with Crippen molar-refractivity contribution in [3.05, 3.63) is 46.3 Å². The molecule has 0 aliphatic carbocycles. The zero-order valence-corrected chi connectivity index (χ0v) is 9.51. The van der Waals surface area contributed by atoms with Crippen molar-refractivity contribution in [2.75, 3.05) is 5.32 Å². The number of halogens is 2. The molecule has 1 amide bonds. The number of carbonyl (C=O) groups excluding carboxylic acids is 1. The topological polar surface area (TPSA) is 57.8 Å². The van der Waals surface area contributed by atoms with Crippen LogP contribution in [-0.2, 0) is 0 Å². The molecule has 2 aromatic rings. The molecule has 0 atom stereocenters. The molecule has 0 spiro atoms. The van der Waals surface area contributed by atoms with Crippen molar-refractivity contribution in [2.24, 2.45) is 0 Å². The minimum atomic E-state index is -0.318. The first-order valence-corrected chi connectivity index (χ1v) is 5.17. The highest BCUT2D eigenvalue weighted by Crippen LogP contribution is 2.14. The largest absolute Gasteiger partial charge is 0.356 e. The molecule has 4 nitrogen and oxygen atoms in total. The van der Waals surface area contributed by atoms with Gasteiger partial charge in [0.2, 0.25) is 0 Å². The molecular formula is C10H7Cl2N3O. The van der Waals surface area contributed by atoms with Crippen molar-refractivity contribution in [2.45, 2.75) is 0 Å². The summed E-state index contributed by atoms with van der Waals surface area (Å²) >= 11 is 11.4. The van der Waals surface area contributed by atoms with E-state index in [1.807, 2.05) is 0 Å². The van der Waals surface area contributed by atoms with Crippen molar-refractivity contribution in [1.82, 2.24) is 9.97 Å². The third-order valence-electron chi connectivity index (χ3n) is 1.86. The summed E-state index contributed by atoms with van der Waals surface area (Å²) in [6, 6.07) is 4.72. The molecule has 0 saturated carbocycles. The molecule has 0 fully saturated rings. The van der Waals surface area contributed by atoms with Gasteiger partial charge in [0, 0.05) is 17.4 Å². The third-order valence-corrected chi connectivity index (χ3v) is 2.31. The lowest BCUT2D eigenvalue weighted by molar-refractivity contribution is 0.102. The monoisotopic (exact) mass is 255 g/mol. The number of aromatic amines is 1. The Kier molecular flexibility index (Phi) is 3.12. The number of nitrogens with one attached hydrogen (secondary N) is 2. The fraction of sp³-hybridized carbons (Fsp3) is 0. The molecule has 82 valence electrons. The van der Waals surface area contributed by atoms with Crippen LogP contribution < -0.4 is 5.32 Å². The van der Waals surface area contributed by atoms with Crippen LogP contribution in [0, 0.1) is 0 Å². The summed E-state index contributed by atoms with van der Waals surface area (Å²) in [5.41, 5.74) is 0.367. The zero-order chi connectivity index (χ0) is 11.5. The predicted octanol–water partition coefficient (Wildman–Crippen LogP) is 2.97. The van der Waals surface area contributed by atoms with Gasteiger partial charge in [-0.3, -0.25) is 4.79 Å². The first kappa shape index (κ1) is 11.0. The standard InChI is InChI=1S/C10H7Cl2N3O/c11-6-1-2-13-9(4-6)15-10(16)8-3-7(12)5-14-8/h1-5,14H,(H,13,15,16). The molecule has 16 heavy (non-hydrogen) atoms. The molecule has 6 heteroatoms. The van der Waals surface area contributed by atoms with Crippen LogP contribution in [0.4, 0.5) is 5.82 Å². The Bertz CT molecular complexity index is 524. The minimum absolute atomic E-state index is 0.318. The minimum Gasteiger partial charge on any atom is -0.356 e. The van der Waals surface area contributed by atoms with E-state index in [9.17, 15) is 4.79 Å². The van der Waals surface area contributed by atoms with Gasteiger partial charge < -0.3 is 10.3 Å².